The Morgan fingerprint density at radius 3 is 2.78 bits per heavy atom. The highest BCUT2D eigenvalue weighted by atomic mass is 16.3. The predicted molar refractivity (Wildman–Crippen MR) is 68.6 cm³/mol. The molecule has 0 spiro atoms. The van der Waals surface area contributed by atoms with Crippen LogP contribution in [0.15, 0.2) is 24.5 Å². The van der Waals surface area contributed by atoms with Gasteiger partial charge in [-0.25, -0.2) is 0 Å². The lowest BCUT2D eigenvalue weighted by molar-refractivity contribution is -0.126. The number of pyridine rings is 1. The van der Waals surface area contributed by atoms with Crippen molar-refractivity contribution in [2.24, 2.45) is 11.8 Å². The van der Waals surface area contributed by atoms with E-state index in [1.165, 1.54) is 0 Å². The lowest BCUT2D eigenvalue weighted by atomic mass is 9.82. The van der Waals surface area contributed by atoms with Gasteiger partial charge in [-0.05, 0) is 43.2 Å². The maximum Gasteiger partial charge on any atom is 0.223 e. The van der Waals surface area contributed by atoms with Crippen LogP contribution in [0.25, 0.3) is 0 Å². The maximum absolute atomic E-state index is 12.0. The molecular formula is C14H20N2O2. The quantitative estimate of drug-likeness (QED) is 0.848. The van der Waals surface area contributed by atoms with Crippen LogP contribution in [0, 0.1) is 11.8 Å². The van der Waals surface area contributed by atoms with Crippen LogP contribution in [0.4, 0.5) is 0 Å². The number of carbonyl (C=O) groups is 1. The zero-order valence-electron chi connectivity index (χ0n) is 10.5. The van der Waals surface area contributed by atoms with Crippen molar-refractivity contribution in [3.8, 4) is 0 Å². The number of amides is 1. The van der Waals surface area contributed by atoms with E-state index in [4.69, 9.17) is 5.11 Å². The summed E-state index contributed by atoms with van der Waals surface area (Å²) in [5, 5.41) is 12.0. The van der Waals surface area contributed by atoms with Crippen LogP contribution in [0.3, 0.4) is 0 Å². The Balaban J connectivity index is 1.75. The molecule has 1 aliphatic rings. The molecule has 0 bridgehead atoms. The normalized spacial score (nSPS) is 23.6. The van der Waals surface area contributed by atoms with Crippen molar-refractivity contribution in [3.05, 3.63) is 30.1 Å². The average Bonchev–Trinajstić information content (AvgIpc) is 2.46. The van der Waals surface area contributed by atoms with Gasteiger partial charge in [0.05, 0.1) is 0 Å². The van der Waals surface area contributed by atoms with Gasteiger partial charge in [-0.3, -0.25) is 9.78 Å². The van der Waals surface area contributed by atoms with Crippen LogP contribution in [0.1, 0.15) is 31.2 Å². The predicted octanol–water partition coefficient (Wildman–Crippen LogP) is 1.50. The van der Waals surface area contributed by atoms with Crippen molar-refractivity contribution in [3.63, 3.8) is 0 Å². The second-order valence-corrected chi connectivity index (χ2v) is 4.98. The van der Waals surface area contributed by atoms with Gasteiger partial charge in [0, 0.05) is 31.5 Å². The lowest BCUT2D eigenvalue weighted by Crippen LogP contribution is -2.33. The molecule has 4 nitrogen and oxygen atoms in total. The van der Waals surface area contributed by atoms with Crippen LogP contribution in [0.5, 0.6) is 0 Å². The minimum absolute atomic E-state index is 0.115. The second-order valence-electron chi connectivity index (χ2n) is 4.98. The molecule has 0 saturated heterocycles. The van der Waals surface area contributed by atoms with Crippen LogP contribution >= 0.6 is 0 Å². The van der Waals surface area contributed by atoms with E-state index in [0.717, 1.165) is 31.2 Å². The van der Waals surface area contributed by atoms with Gasteiger partial charge in [-0.2, -0.15) is 0 Å². The average molecular weight is 248 g/mol. The monoisotopic (exact) mass is 248 g/mol. The first-order valence-electron chi connectivity index (χ1n) is 6.57. The van der Waals surface area contributed by atoms with Crippen LogP contribution in [0.2, 0.25) is 0 Å². The van der Waals surface area contributed by atoms with Gasteiger partial charge in [0.1, 0.15) is 0 Å². The number of nitrogens with one attached hydrogen (secondary N) is 1. The highest BCUT2D eigenvalue weighted by Crippen LogP contribution is 2.28. The molecule has 0 aliphatic heterocycles. The summed E-state index contributed by atoms with van der Waals surface area (Å²) in [6.45, 7) is 0.802. The fourth-order valence-corrected chi connectivity index (χ4v) is 2.44. The van der Waals surface area contributed by atoms with Gasteiger partial charge in [0.2, 0.25) is 5.91 Å². The van der Waals surface area contributed by atoms with Gasteiger partial charge in [-0.1, -0.05) is 6.07 Å². The Morgan fingerprint density at radius 2 is 2.17 bits per heavy atom. The number of rotatable bonds is 4. The summed E-state index contributed by atoms with van der Waals surface area (Å²) < 4.78 is 0. The number of aliphatic hydroxyl groups excluding tert-OH is 1. The molecular weight excluding hydrogens is 228 g/mol. The fourth-order valence-electron chi connectivity index (χ4n) is 2.44. The summed E-state index contributed by atoms with van der Waals surface area (Å²) >= 11 is 0. The van der Waals surface area contributed by atoms with Gasteiger partial charge in [0.15, 0.2) is 0 Å². The molecule has 1 saturated carbocycles. The van der Waals surface area contributed by atoms with Crippen molar-refractivity contribution >= 4 is 5.91 Å². The molecule has 1 fully saturated rings. The molecule has 98 valence electrons. The zero-order valence-corrected chi connectivity index (χ0v) is 10.5. The Kier molecular flexibility index (Phi) is 4.70. The Labute approximate surface area is 107 Å². The molecule has 1 amide bonds. The van der Waals surface area contributed by atoms with Crippen molar-refractivity contribution in [2.45, 2.75) is 32.2 Å². The maximum atomic E-state index is 12.0. The molecule has 1 heterocycles. The summed E-state index contributed by atoms with van der Waals surface area (Å²) in [7, 11) is 0. The van der Waals surface area contributed by atoms with Crippen LogP contribution in [-0.4, -0.2) is 22.6 Å². The first-order valence-corrected chi connectivity index (χ1v) is 6.57. The van der Waals surface area contributed by atoms with Gasteiger partial charge in [-0.15, -0.1) is 0 Å². The molecule has 0 radical (unpaired) electrons. The highest BCUT2D eigenvalue weighted by molar-refractivity contribution is 5.78. The summed E-state index contributed by atoms with van der Waals surface area (Å²) in [4.78, 5) is 16.0. The number of carbonyl (C=O) groups excluding carboxylic acids is 1. The van der Waals surface area contributed by atoms with Gasteiger partial charge >= 0.3 is 0 Å². The first kappa shape index (κ1) is 13.0. The molecule has 4 heteroatoms. The molecule has 18 heavy (non-hydrogen) atoms. The Morgan fingerprint density at radius 1 is 1.39 bits per heavy atom. The van der Waals surface area contributed by atoms with E-state index in [1.54, 1.807) is 12.4 Å². The molecule has 1 aromatic heterocycles. The van der Waals surface area contributed by atoms with Gasteiger partial charge < -0.3 is 10.4 Å². The van der Waals surface area contributed by atoms with Crippen molar-refractivity contribution in [1.82, 2.24) is 10.3 Å². The number of aliphatic hydroxyl groups is 1. The highest BCUT2D eigenvalue weighted by Gasteiger charge is 2.25. The molecule has 1 aromatic rings. The van der Waals surface area contributed by atoms with Gasteiger partial charge in [0.25, 0.3) is 0 Å². The van der Waals surface area contributed by atoms with Crippen LogP contribution < -0.4 is 5.32 Å². The molecule has 2 rings (SSSR count). The molecule has 0 unspecified atom stereocenters. The second kappa shape index (κ2) is 6.50. The standard InChI is InChI=1S/C14H20N2O2/c17-10-11-3-5-13(6-4-11)14(18)16-9-12-2-1-7-15-8-12/h1-2,7-8,11,13,17H,3-6,9-10H2,(H,16,18). The largest absolute Gasteiger partial charge is 0.396 e. The fraction of sp³-hybridized carbons (Fsp3) is 0.571. The third kappa shape index (κ3) is 3.53. The minimum atomic E-state index is 0.115. The number of aromatic nitrogens is 1. The SMILES string of the molecule is O=C(NCc1cccnc1)C1CCC(CO)CC1. The third-order valence-electron chi connectivity index (χ3n) is 3.67. The topological polar surface area (TPSA) is 62.2 Å². The van der Waals surface area contributed by atoms with E-state index in [0.29, 0.717) is 12.5 Å². The van der Waals surface area contributed by atoms with E-state index in [1.807, 2.05) is 12.1 Å². The first-order chi connectivity index (χ1) is 8.79. The van der Waals surface area contributed by atoms with Crippen molar-refractivity contribution in [1.29, 1.82) is 0 Å². The van der Waals surface area contributed by atoms with E-state index < -0.39 is 0 Å². The zero-order chi connectivity index (χ0) is 12.8. The summed E-state index contributed by atoms with van der Waals surface area (Å²) in [5.41, 5.74) is 1.02. The summed E-state index contributed by atoms with van der Waals surface area (Å²) in [6, 6.07) is 3.82. The van der Waals surface area contributed by atoms with E-state index >= 15 is 0 Å². The summed E-state index contributed by atoms with van der Waals surface area (Å²) in [6.07, 6.45) is 7.20. The molecule has 0 aromatic carbocycles. The van der Waals surface area contributed by atoms with Crippen LogP contribution in [-0.2, 0) is 11.3 Å². The Hall–Kier alpha value is -1.42. The number of nitrogens with zero attached hydrogens (tertiary/aromatic N) is 1. The van der Waals surface area contributed by atoms with E-state index in [9.17, 15) is 4.79 Å². The van der Waals surface area contributed by atoms with E-state index in [-0.39, 0.29) is 18.4 Å². The van der Waals surface area contributed by atoms with Crippen molar-refractivity contribution in [2.75, 3.05) is 6.61 Å². The molecule has 2 N–H and O–H groups in total. The number of hydrogen-bond donors (Lipinski definition) is 2. The summed E-state index contributed by atoms with van der Waals surface area (Å²) in [5.74, 6) is 0.645. The molecule has 1 aliphatic carbocycles. The minimum Gasteiger partial charge on any atom is -0.396 e. The third-order valence-corrected chi connectivity index (χ3v) is 3.67. The lowest BCUT2D eigenvalue weighted by Gasteiger charge is -2.26. The smallest absolute Gasteiger partial charge is 0.223 e. The Bertz CT molecular complexity index is 373. The van der Waals surface area contributed by atoms with E-state index in [2.05, 4.69) is 10.3 Å². The van der Waals surface area contributed by atoms with Crippen molar-refractivity contribution < 1.29 is 9.90 Å². The molecule has 0 atom stereocenters. The number of hydrogen-bond acceptors (Lipinski definition) is 3.